The minimum atomic E-state index is -0.0314. The molecule has 2 nitrogen and oxygen atoms in total. The minimum Gasteiger partial charge on any atom is -0.447 e. The minimum absolute atomic E-state index is 0.0314. The van der Waals surface area contributed by atoms with Crippen molar-refractivity contribution in [3.63, 3.8) is 0 Å². The van der Waals surface area contributed by atoms with Crippen molar-refractivity contribution in [2.45, 2.75) is 12.8 Å². The van der Waals surface area contributed by atoms with Crippen molar-refractivity contribution in [3.05, 3.63) is 48.8 Å². The Kier molecular flexibility index (Phi) is 3.62. The van der Waals surface area contributed by atoms with E-state index >= 15 is 0 Å². The van der Waals surface area contributed by atoms with Gasteiger partial charge in [-0.15, -0.1) is 0 Å². The molecule has 0 aromatic carbocycles. The predicted octanol–water partition coefficient (Wildman–Crippen LogP) is 3.21. The van der Waals surface area contributed by atoms with Crippen LogP contribution in [0, 0.1) is 29.1 Å². The highest BCUT2D eigenvalue weighted by Crippen LogP contribution is 2.22. The van der Waals surface area contributed by atoms with Crippen molar-refractivity contribution in [2.75, 3.05) is 0 Å². The molecule has 2 unspecified atom stereocenters. The normalized spacial score (nSPS) is 24.9. The van der Waals surface area contributed by atoms with Gasteiger partial charge in [-0.1, -0.05) is 48.8 Å². The smallest absolute Gasteiger partial charge is 0.194 e. The van der Waals surface area contributed by atoms with Crippen LogP contribution >= 0.6 is 0 Å². The van der Waals surface area contributed by atoms with Crippen LogP contribution in [0.1, 0.15) is 12.8 Å². The number of ether oxygens (including phenoxy) is 1. The van der Waals surface area contributed by atoms with E-state index in [1.54, 1.807) is 6.08 Å². The van der Waals surface area contributed by atoms with Gasteiger partial charge in [-0.3, -0.25) is 5.41 Å². The van der Waals surface area contributed by atoms with Crippen LogP contribution < -0.4 is 0 Å². The highest BCUT2D eigenvalue weighted by Gasteiger charge is 2.18. The number of hydrogen-bond donors (Lipinski definition) is 1. The maximum Gasteiger partial charge on any atom is 0.194 e. The van der Waals surface area contributed by atoms with Crippen LogP contribution in [0.15, 0.2) is 48.8 Å². The Balaban J connectivity index is 1.89. The number of hydrogen-bond acceptors (Lipinski definition) is 2. The Bertz CT molecular complexity index is 471. The Morgan fingerprint density at radius 1 is 1.29 bits per heavy atom. The Labute approximate surface area is 102 Å². The monoisotopic (exact) mass is 225 g/mol. The molecule has 86 valence electrons. The predicted molar refractivity (Wildman–Crippen MR) is 69.4 cm³/mol. The Morgan fingerprint density at radius 3 is 2.82 bits per heavy atom. The molecule has 1 N–H and O–H groups in total. The molecule has 2 atom stereocenters. The highest BCUT2D eigenvalue weighted by molar-refractivity contribution is 5.79. The summed E-state index contributed by atoms with van der Waals surface area (Å²) in [5.74, 6) is 6.85. The van der Waals surface area contributed by atoms with Gasteiger partial charge in [0.05, 0.1) is 5.92 Å². The van der Waals surface area contributed by atoms with Crippen LogP contribution in [0.2, 0.25) is 0 Å². The van der Waals surface area contributed by atoms with Crippen molar-refractivity contribution >= 4 is 5.90 Å². The molecule has 0 spiro atoms. The van der Waals surface area contributed by atoms with E-state index < -0.39 is 0 Å². The first-order valence-electron chi connectivity index (χ1n) is 5.71. The molecular weight excluding hydrogens is 210 g/mol. The van der Waals surface area contributed by atoms with Gasteiger partial charge in [0.15, 0.2) is 5.90 Å². The van der Waals surface area contributed by atoms with Crippen LogP contribution in [0.4, 0.5) is 0 Å². The van der Waals surface area contributed by atoms with E-state index in [2.05, 4.69) is 24.5 Å². The summed E-state index contributed by atoms with van der Waals surface area (Å²) in [4.78, 5) is 0. The average molecular weight is 225 g/mol. The summed E-state index contributed by atoms with van der Waals surface area (Å²) >= 11 is 0. The zero-order chi connectivity index (χ0) is 12.1. The third-order valence-electron chi connectivity index (χ3n) is 2.81. The van der Waals surface area contributed by atoms with Gasteiger partial charge in [-0.05, 0) is 12.5 Å². The quantitative estimate of drug-likeness (QED) is 0.340. The maximum atomic E-state index is 7.89. The van der Waals surface area contributed by atoms with Gasteiger partial charge in [0.1, 0.15) is 5.76 Å². The average Bonchev–Trinajstić information content (AvgIpc) is 2.40. The van der Waals surface area contributed by atoms with E-state index in [0.29, 0.717) is 12.2 Å². The summed E-state index contributed by atoms with van der Waals surface area (Å²) in [6, 6.07) is 0. The molecule has 0 amide bonds. The molecule has 0 fully saturated rings. The molecule has 2 aliphatic carbocycles. The first-order chi connectivity index (χ1) is 8.27. The Hall–Kier alpha value is -2.01. The van der Waals surface area contributed by atoms with Crippen molar-refractivity contribution in [2.24, 2.45) is 11.8 Å². The second-order valence-electron chi connectivity index (χ2n) is 4.08. The highest BCUT2D eigenvalue weighted by atomic mass is 16.5. The topological polar surface area (TPSA) is 33.1 Å². The van der Waals surface area contributed by atoms with Crippen LogP contribution in [-0.2, 0) is 4.74 Å². The first kappa shape index (κ1) is 11.5. The summed E-state index contributed by atoms with van der Waals surface area (Å²) in [6.45, 7) is 3.90. The van der Waals surface area contributed by atoms with Gasteiger partial charge in [0.25, 0.3) is 0 Å². The lowest BCUT2D eigenvalue weighted by Gasteiger charge is -2.20. The number of nitrogens with one attached hydrogen (secondary N) is 1. The fraction of sp³-hybridized carbons (Fsp3) is 0.267. The van der Waals surface area contributed by atoms with Gasteiger partial charge in [0.2, 0.25) is 0 Å². The molecule has 0 aromatic rings. The van der Waals surface area contributed by atoms with E-state index in [-0.39, 0.29) is 17.7 Å². The molecule has 0 radical (unpaired) electrons. The first-order valence-corrected chi connectivity index (χ1v) is 5.71. The summed E-state index contributed by atoms with van der Waals surface area (Å²) < 4.78 is 5.51. The SMILES string of the molecule is C=C(OC(=N)C1C=CC#CC1)C1C=CC=CC1. The molecule has 17 heavy (non-hydrogen) atoms. The van der Waals surface area contributed by atoms with E-state index in [4.69, 9.17) is 10.1 Å². The zero-order valence-electron chi connectivity index (χ0n) is 9.65. The second kappa shape index (κ2) is 5.36. The third-order valence-corrected chi connectivity index (χ3v) is 2.81. The summed E-state index contributed by atoms with van der Waals surface area (Å²) in [5.41, 5.74) is 0. The van der Waals surface area contributed by atoms with Crippen molar-refractivity contribution in [1.82, 2.24) is 0 Å². The third kappa shape index (κ3) is 2.98. The fourth-order valence-electron chi connectivity index (χ4n) is 1.75. The van der Waals surface area contributed by atoms with E-state index in [0.717, 1.165) is 6.42 Å². The maximum absolute atomic E-state index is 7.89. The summed E-state index contributed by atoms with van der Waals surface area (Å²) in [5, 5.41) is 7.89. The van der Waals surface area contributed by atoms with Crippen LogP contribution in [0.25, 0.3) is 0 Å². The molecular formula is C15H15NO. The molecule has 0 saturated carbocycles. The van der Waals surface area contributed by atoms with Crippen molar-refractivity contribution < 1.29 is 4.74 Å². The largest absolute Gasteiger partial charge is 0.447 e. The van der Waals surface area contributed by atoms with Gasteiger partial charge >= 0.3 is 0 Å². The van der Waals surface area contributed by atoms with Gasteiger partial charge < -0.3 is 4.74 Å². The molecule has 2 rings (SSSR count). The van der Waals surface area contributed by atoms with Crippen molar-refractivity contribution in [1.29, 1.82) is 5.41 Å². The molecule has 0 heterocycles. The van der Waals surface area contributed by atoms with Crippen molar-refractivity contribution in [3.8, 4) is 11.8 Å². The van der Waals surface area contributed by atoms with E-state index in [1.807, 2.05) is 24.3 Å². The molecule has 0 aromatic heterocycles. The van der Waals surface area contributed by atoms with Gasteiger partial charge in [-0.25, -0.2) is 0 Å². The summed E-state index contributed by atoms with van der Waals surface area (Å²) in [7, 11) is 0. The lowest BCUT2D eigenvalue weighted by molar-refractivity contribution is 0.342. The van der Waals surface area contributed by atoms with Gasteiger partial charge in [0, 0.05) is 12.3 Å². The second-order valence-corrected chi connectivity index (χ2v) is 4.08. The van der Waals surface area contributed by atoms with Crippen LogP contribution in [-0.4, -0.2) is 5.90 Å². The number of allylic oxidation sites excluding steroid dienone is 5. The van der Waals surface area contributed by atoms with Crippen LogP contribution in [0.3, 0.4) is 0 Å². The lowest BCUT2D eigenvalue weighted by atomic mass is 9.98. The molecule has 2 aliphatic rings. The Morgan fingerprint density at radius 2 is 2.18 bits per heavy atom. The van der Waals surface area contributed by atoms with E-state index in [1.165, 1.54) is 0 Å². The van der Waals surface area contributed by atoms with Crippen LogP contribution in [0.5, 0.6) is 0 Å². The lowest BCUT2D eigenvalue weighted by Crippen LogP contribution is -2.17. The molecule has 0 saturated heterocycles. The fourth-order valence-corrected chi connectivity index (χ4v) is 1.75. The van der Waals surface area contributed by atoms with Gasteiger partial charge in [-0.2, -0.15) is 0 Å². The zero-order valence-corrected chi connectivity index (χ0v) is 9.65. The standard InChI is InChI=1S/C15H15NO/c1-12(13-8-4-2-5-9-13)17-15(16)14-10-6-3-7-11-14/h2,4-6,8,10,13-14,16H,1,9,11H2. The number of rotatable bonds is 3. The molecule has 2 heteroatoms. The van der Waals surface area contributed by atoms with E-state index in [9.17, 15) is 0 Å². The molecule has 0 aliphatic heterocycles. The molecule has 0 bridgehead atoms. The summed E-state index contributed by atoms with van der Waals surface area (Å²) in [6.07, 6.45) is 13.3.